The molecule has 0 saturated heterocycles. The van der Waals surface area contributed by atoms with E-state index in [2.05, 4.69) is 15.6 Å². The number of anilines is 2. The van der Waals surface area contributed by atoms with Gasteiger partial charge in [-0.15, -0.1) is 11.3 Å². The van der Waals surface area contributed by atoms with Crippen LogP contribution in [-0.2, 0) is 11.2 Å². The standard InChI is InChI=1S/C19H18FN3OS/c1-13(14-5-3-2-4-6-14)21-18(24)11-17-12-25-19(23-17)22-16-9-7-15(20)8-10-16/h2-10,12-13H,11H2,1H3,(H,21,24)(H,22,23)/t13-/m0/s1. The highest BCUT2D eigenvalue weighted by atomic mass is 32.1. The fourth-order valence-corrected chi connectivity index (χ4v) is 3.11. The van der Waals surface area contributed by atoms with Crippen LogP contribution in [0.25, 0.3) is 0 Å². The highest BCUT2D eigenvalue weighted by Gasteiger charge is 2.12. The Morgan fingerprint density at radius 3 is 2.60 bits per heavy atom. The van der Waals surface area contributed by atoms with Gasteiger partial charge in [0.2, 0.25) is 5.91 Å². The van der Waals surface area contributed by atoms with Crippen LogP contribution >= 0.6 is 11.3 Å². The molecule has 0 saturated carbocycles. The minimum atomic E-state index is -0.283. The van der Waals surface area contributed by atoms with Crippen molar-refractivity contribution in [1.82, 2.24) is 10.3 Å². The average Bonchev–Trinajstić information content (AvgIpc) is 3.04. The molecule has 0 aliphatic rings. The molecule has 1 amide bonds. The van der Waals surface area contributed by atoms with Gasteiger partial charge in [-0.05, 0) is 36.8 Å². The molecule has 1 aromatic heterocycles. The monoisotopic (exact) mass is 355 g/mol. The van der Waals surface area contributed by atoms with Gasteiger partial charge in [0, 0.05) is 11.1 Å². The summed E-state index contributed by atoms with van der Waals surface area (Å²) in [4.78, 5) is 16.6. The number of hydrogen-bond donors (Lipinski definition) is 2. The fraction of sp³-hybridized carbons (Fsp3) is 0.158. The molecule has 2 N–H and O–H groups in total. The van der Waals surface area contributed by atoms with Crippen LogP contribution < -0.4 is 10.6 Å². The van der Waals surface area contributed by atoms with Crippen molar-refractivity contribution in [3.8, 4) is 0 Å². The van der Waals surface area contributed by atoms with Crippen molar-refractivity contribution in [2.75, 3.05) is 5.32 Å². The molecule has 0 aliphatic heterocycles. The average molecular weight is 355 g/mol. The number of benzene rings is 2. The first kappa shape index (κ1) is 17.1. The molecular formula is C19H18FN3OS. The van der Waals surface area contributed by atoms with E-state index in [-0.39, 0.29) is 24.2 Å². The minimum absolute atomic E-state index is 0.0517. The second-order valence-electron chi connectivity index (χ2n) is 5.65. The number of amides is 1. The number of nitrogens with zero attached hydrogens (tertiary/aromatic N) is 1. The molecule has 0 unspecified atom stereocenters. The van der Waals surface area contributed by atoms with Crippen molar-refractivity contribution in [1.29, 1.82) is 0 Å². The number of nitrogens with one attached hydrogen (secondary N) is 2. The maximum atomic E-state index is 12.9. The molecule has 3 rings (SSSR count). The summed E-state index contributed by atoms with van der Waals surface area (Å²) < 4.78 is 12.9. The minimum Gasteiger partial charge on any atom is -0.349 e. The number of thiazole rings is 1. The summed E-state index contributed by atoms with van der Waals surface area (Å²) in [7, 11) is 0. The SMILES string of the molecule is C[C@H](NC(=O)Cc1csc(Nc2ccc(F)cc2)n1)c1ccccc1. The van der Waals surface area contributed by atoms with Crippen molar-refractivity contribution in [3.05, 3.63) is 77.1 Å². The molecule has 0 fully saturated rings. The van der Waals surface area contributed by atoms with Crippen LogP contribution in [0.5, 0.6) is 0 Å². The highest BCUT2D eigenvalue weighted by molar-refractivity contribution is 7.13. The molecular weight excluding hydrogens is 337 g/mol. The maximum Gasteiger partial charge on any atom is 0.226 e. The van der Waals surface area contributed by atoms with Gasteiger partial charge in [0.15, 0.2) is 5.13 Å². The Bertz CT molecular complexity index is 833. The Balaban J connectivity index is 1.55. The maximum absolute atomic E-state index is 12.9. The van der Waals surface area contributed by atoms with Gasteiger partial charge in [0.1, 0.15) is 5.82 Å². The first-order chi connectivity index (χ1) is 12.1. The zero-order valence-corrected chi connectivity index (χ0v) is 14.5. The van der Waals surface area contributed by atoms with Crippen molar-refractivity contribution in [2.24, 2.45) is 0 Å². The summed E-state index contributed by atoms with van der Waals surface area (Å²) in [5, 5.41) is 8.59. The molecule has 128 valence electrons. The molecule has 4 nitrogen and oxygen atoms in total. The molecule has 1 atom stereocenters. The van der Waals surface area contributed by atoms with Gasteiger partial charge < -0.3 is 10.6 Å². The Labute approximate surface area is 149 Å². The third kappa shape index (κ3) is 4.87. The van der Waals surface area contributed by atoms with E-state index >= 15 is 0 Å². The Kier molecular flexibility index (Phi) is 5.40. The lowest BCUT2D eigenvalue weighted by atomic mass is 10.1. The first-order valence-electron chi connectivity index (χ1n) is 7.91. The summed E-state index contributed by atoms with van der Waals surface area (Å²) in [6.07, 6.45) is 0.221. The first-order valence-corrected chi connectivity index (χ1v) is 8.79. The summed E-state index contributed by atoms with van der Waals surface area (Å²) in [6, 6.07) is 15.8. The Morgan fingerprint density at radius 1 is 1.16 bits per heavy atom. The second kappa shape index (κ2) is 7.90. The number of carbonyl (C=O) groups is 1. The van der Waals surface area contributed by atoms with Gasteiger partial charge in [-0.2, -0.15) is 0 Å². The largest absolute Gasteiger partial charge is 0.349 e. The van der Waals surface area contributed by atoms with Crippen LogP contribution in [0.2, 0.25) is 0 Å². The predicted molar refractivity (Wildman–Crippen MR) is 98.5 cm³/mol. The summed E-state index contributed by atoms with van der Waals surface area (Å²) >= 11 is 1.41. The third-order valence-electron chi connectivity index (χ3n) is 3.67. The van der Waals surface area contributed by atoms with Gasteiger partial charge >= 0.3 is 0 Å². The molecule has 0 bridgehead atoms. The number of carbonyl (C=O) groups excluding carboxylic acids is 1. The lowest BCUT2D eigenvalue weighted by Crippen LogP contribution is -2.28. The van der Waals surface area contributed by atoms with Gasteiger partial charge in [0.25, 0.3) is 0 Å². The molecule has 1 heterocycles. The molecule has 0 aliphatic carbocycles. The lowest BCUT2D eigenvalue weighted by molar-refractivity contribution is -0.121. The van der Waals surface area contributed by atoms with Crippen LogP contribution in [0, 0.1) is 5.82 Å². The van der Waals surface area contributed by atoms with E-state index in [1.807, 2.05) is 42.6 Å². The van der Waals surface area contributed by atoms with Crippen molar-refractivity contribution >= 4 is 28.1 Å². The van der Waals surface area contributed by atoms with Crippen LogP contribution in [-0.4, -0.2) is 10.9 Å². The van der Waals surface area contributed by atoms with Crippen LogP contribution in [0.3, 0.4) is 0 Å². The summed E-state index contributed by atoms with van der Waals surface area (Å²) in [5.74, 6) is -0.357. The normalized spacial score (nSPS) is 11.8. The van der Waals surface area contributed by atoms with Gasteiger partial charge in [-0.25, -0.2) is 9.37 Å². The number of aromatic nitrogens is 1. The van der Waals surface area contributed by atoms with Gasteiger partial charge in [-0.3, -0.25) is 4.79 Å². The predicted octanol–water partition coefficient (Wildman–Crippen LogP) is 4.45. The molecule has 2 aromatic carbocycles. The lowest BCUT2D eigenvalue weighted by Gasteiger charge is -2.13. The van der Waals surface area contributed by atoms with E-state index in [1.54, 1.807) is 12.1 Å². The third-order valence-corrected chi connectivity index (χ3v) is 4.47. The van der Waals surface area contributed by atoms with Gasteiger partial charge in [0.05, 0.1) is 18.2 Å². The Morgan fingerprint density at radius 2 is 1.88 bits per heavy atom. The van der Waals surface area contributed by atoms with E-state index in [9.17, 15) is 9.18 Å². The molecule has 0 radical (unpaired) electrons. The smallest absolute Gasteiger partial charge is 0.226 e. The highest BCUT2D eigenvalue weighted by Crippen LogP contribution is 2.21. The van der Waals surface area contributed by atoms with Crippen LogP contribution in [0.1, 0.15) is 24.2 Å². The van der Waals surface area contributed by atoms with Crippen LogP contribution in [0.15, 0.2) is 60.0 Å². The zero-order valence-electron chi connectivity index (χ0n) is 13.7. The van der Waals surface area contributed by atoms with E-state index in [0.29, 0.717) is 10.8 Å². The van der Waals surface area contributed by atoms with Gasteiger partial charge in [-0.1, -0.05) is 30.3 Å². The van der Waals surface area contributed by atoms with Crippen molar-refractivity contribution in [3.63, 3.8) is 0 Å². The second-order valence-corrected chi connectivity index (χ2v) is 6.51. The van der Waals surface area contributed by atoms with Crippen molar-refractivity contribution < 1.29 is 9.18 Å². The number of hydrogen-bond acceptors (Lipinski definition) is 4. The molecule has 0 spiro atoms. The van der Waals surface area contributed by atoms with Crippen molar-refractivity contribution in [2.45, 2.75) is 19.4 Å². The van der Waals surface area contributed by atoms with E-state index in [1.165, 1.54) is 23.5 Å². The van der Waals surface area contributed by atoms with E-state index < -0.39 is 0 Å². The molecule has 3 aromatic rings. The molecule has 25 heavy (non-hydrogen) atoms. The quantitative estimate of drug-likeness (QED) is 0.687. The number of rotatable bonds is 6. The zero-order chi connectivity index (χ0) is 17.6. The van der Waals surface area contributed by atoms with E-state index in [0.717, 1.165) is 11.3 Å². The topological polar surface area (TPSA) is 54.0 Å². The number of halogens is 1. The van der Waals surface area contributed by atoms with E-state index in [4.69, 9.17) is 0 Å². The van der Waals surface area contributed by atoms with Crippen LogP contribution in [0.4, 0.5) is 15.2 Å². The summed E-state index contributed by atoms with van der Waals surface area (Å²) in [5.41, 5.74) is 2.52. The Hall–Kier alpha value is -2.73. The molecule has 6 heteroatoms. The summed E-state index contributed by atoms with van der Waals surface area (Å²) in [6.45, 7) is 1.95. The fourth-order valence-electron chi connectivity index (χ4n) is 2.38.